The van der Waals surface area contributed by atoms with Gasteiger partial charge in [0.25, 0.3) is 5.91 Å². The predicted octanol–water partition coefficient (Wildman–Crippen LogP) is 3.47. The van der Waals surface area contributed by atoms with E-state index in [-0.39, 0.29) is 5.91 Å². The van der Waals surface area contributed by atoms with E-state index < -0.39 is 0 Å². The van der Waals surface area contributed by atoms with Gasteiger partial charge in [-0.05, 0) is 37.9 Å². The Kier molecular flexibility index (Phi) is 6.32. The second kappa shape index (κ2) is 8.70. The highest BCUT2D eigenvalue weighted by atomic mass is 16.2. The molecule has 0 radical (unpaired) electrons. The van der Waals surface area contributed by atoms with E-state index in [2.05, 4.69) is 44.7 Å². The Bertz CT molecular complexity index is 788. The molecule has 1 aromatic carbocycles. The summed E-state index contributed by atoms with van der Waals surface area (Å²) in [4.78, 5) is 17.9. The van der Waals surface area contributed by atoms with Gasteiger partial charge >= 0.3 is 0 Å². The highest BCUT2D eigenvalue weighted by molar-refractivity contribution is 5.97. The molecule has 5 heteroatoms. The second-order valence-electron chi connectivity index (χ2n) is 7.30. The van der Waals surface area contributed by atoms with Crippen molar-refractivity contribution in [2.24, 2.45) is 0 Å². The first-order valence-electron chi connectivity index (χ1n) is 10.3. The Balaban J connectivity index is 2.01. The number of carbonyl (C=O) groups excluding carboxylic acids is 1. The van der Waals surface area contributed by atoms with E-state index in [0.717, 1.165) is 74.6 Å². The van der Waals surface area contributed by atoms with E-state index in [1.165, 1.54) is 5.56 Å². The van der Waals surface area contributed by atoms with Gasteiger partial charge in [-0.1, -0.05) is 45.4 Å². The number of likely N-dealkylation sites (N-methyl/N-ethyl adjacent to an activating group) is 1. The number of amides is 1. The monoisotopic (exact) mass is 368 g/mol. The molecule has 3 rings (SSSR count). The second-order valence-corrected chi connectivity index (χ2v) is 7.30. The standard InChI is InChI=1S/C22H32N4O/c1-5-10-18-21(22(27)25-15-13-24(7-3)14-16-25)19(6-2)26(23-18)20-12-9-8-11-17(20)4/h8-9,11-12H,5-7,10,13-16H2,1-4H3. The smallest absolute Gasteiger partial charge is 0.257 e. The van der Waals surface area contributed by atoms with Crippen molar-refractivity contribution in [2.75, 3.05) is 32.7 Å². The van der Waals surface area contributed by atoms with Crippen molar-refractivity contribution in [2.45, 2.75) is 47.0 Å². The van der Waals surface area contributed by atoms with Gasteiger partial charge in [-0.25, -0.2) is 4.68 Å². The minimum atomic E-state index is 0.158. The van der Waals surface area contributed by atoms with Crippen molar-refractivity contribution in [3.63, 3.8) is 0 Å². The topological polar surface area (TPSA) is 41.4 Å². The third-order valence-electron chi connectivity index (χ3n) is 5.54. The molecule has 2 heterocycles. The van der Waals surface area contributed by atoms with Crippen molar-refractivity contribution in [1.82, 2.24) is 19.6 Å². The molecule has 1 aliphatic rings. The zero-order valence-corrected chi connectivity index (χ0v) is 17.2. The van der Waals surface area contributed by atoms with Crippen LogP contribution in [0.3, 0.4) is 0 Å². The van der Waals surface area contributed by atoms with Crippen molar-refractivity contribution in [3.05, 3.63) is 46.8 Å². The van der Waals surface area contributed by atoms with Crippen LogP contribution in [0.1, 0.15) is 54.5 Å². The van der Waals surface area contributed by atoms with Crippen molar-refractivity contribution in [1.29, 1.82) is 0 Å². The third-order valence-corrected chi connectivity index (χ3v) is 5.54. The van der Waals surface area contributed by atoms with Crippen LogP contribution in [-0.4, -0.2) is 58.2 Å². The number of piperazine rings is 1. The molecule has 2 aromatic rings. The molecule has 1 saturated heterocycles. The number of rotatable bonds is 6. The Hall–Kier alpha value is -2.14. The summed E-state index contributed by atoms with van der Waals surface area (Å²) in [5, 5.41) is 4.91. The van der Waals surface area contributed by atoms with Gasteiger partial charge in [0.05, 0.1) is 22.6 Å². The van der Waals surface area contributed by atoms with Gasteiger partial charge < -0.3 is 9.80 Å². The van der Waals surface area contributed by atoms with E-state index in [1.54, 1.807) is 0 Å². The highest BCUT2D eigenvalue weighted by Gasteiger charge is 2.29. The van der Waals surface area contributed by atoms with E-state index in [9.17, 15) is 4.79 Å². The quantitative estimate of drug-likeness (QED) is 0.784. The molecule has 1 fully saturated rings. The van der Waals surface area contributed by atoms with Gasteiger partial charge in [0.1, 0.15) is 0 Å². The van der Waals surface area contributed by atoms with Gasteiger partial charge in [-0.15, -0.1) is 0 Å². The van der Waals surface area contributed by atoms with Gasteiger partial charge in [-0.2, -0.15) is 5.10 Å². The molecule has 1 amide bonds. The van der Waals surface area contributed by atoms with Crippen molar-refractivity contribution < 1.29 is 4.79 Å². The summed E-state index contributed by atoms with van der Waals surface area (Å²) in [7, 11) is 0. The Labute approximate surface area is 163 Å². The molecule has 0 saturated carbocycles. The minimum absolute atomic E-state index is 0.158. The van der Waals surface area contributed by atoms with Crippen molar-refractivity contribution >= 4 is 5.91 Å². The SMILES string of the molecule is CCCc1nn(-c2ccccc2C)c(CC)c1C(=O)N1CCN(CC)CC1. The summed E-state index contributed by atoms with van der Waals surface area (Å²) >= 11 is 0. The van der Waals surface area contributed by atoms with Crippen LogP contribution in [-0.2, 0) is 12.8 Å². The lowest BCUT2D eigenvalue weighted by Crippen LogP contribution is -2.48. The van der Waals surface area contributed by atoms with Crippen LogP contribution in [0.5, 0.6) is 0 Å². The molecular weight excluding hydrogens is 336 g/mol. The summed E-state index contributed by atoms with van der Waals surface area (Å²) in [5.41, 5.74) is 5.07. The Morgan fingerprint density at radius 2 is 1.78 bits per heavy atom. The van der Waals surface area contributed by atoms with Crippen LogP contribution in [0.25, 0.3) is 5.69 Å². The van der Waals surface area contributed by atoms with Crippen LogP contribution >= 0.6 is 0 Å². The average Bonchev–Trinajstić information content (AvgIpc) is 3.06. The van der Waals surface area contributed by atoms with Gasteiger partial charge in [0, 0.05) is 26.2 Å². The zero-order valence-electron chi connectivity index (χ0n) is 17.2. The molecule has 27 heavy (non-hydrogen) atoms. The first-order valence-corrected chi connectivity index (χ1v) is 10.3. The van der Waals surface area contributed by atoms with Gasteiger partial charge in [0.15, 0.2) is 0 Å². The molecule has 1 aromatic heterocycles. The number of aromatic nitrogens is 2. The number of aryl methyl sites for hydroxylation is 2. The maximum atomic E-state index is 13.5. The largest absolute Gasteiger partial charge is 0.336 e. The lowest BCUT2D eigenvalue weighted by atomic mass is 10.1. The maximum Gasteiger partial charge on any atom is 0.257 e. The number of para-hydroxylation sites is 1. The highest BCUT2D eigenvalue weighted by Crippen LogP contribution is 2.25. The van der Waals surface area contributed by atoms with E-state index in [4.69, 9.17) is 5.10 Å². The summed E-state index contributed by atoms with van der Waals surface area (Å²) in [5.74, 6) is 0.158. The Morgan fingerprint density at radius 3 is 2.37 bits per heavy atom. The first-order chi connectivity index (χ1) is 13.1. The van der Waals surface area contributed by atoms with Crippen LogP contribution in [0, 0.1) is 6.92 Å². The fourth-order valence-electron chi connectivity index (χ4n) is 3.91. The zero-order chi connectivity index (χ0) is 19.4. The fraction of sp³-hybridized carbons (Fsp3) is 0.545. The van der Waals surface area contributed by atoms with Crippen molar-refractivity contribution in [3.8, 4) is 5.69 Å². The summed E-state index contributed by atoms with van der Waals surface area (Å²) < 4.78 is 2.01. The van der Waals surface area contributed by atoms with E-state index in [0.29, 0.717) is 0 Å². The summed E-state index contributed by atoms with van der Waals surface area (Å²) in [6.45, 7) is 13.1. The molecule has 0 atom stereocenters. The molecule has 0 bridgehead atoms. The first kappa shape index (κ1) is 19.6. The predicted molar refractivity (Wildman–Crippen MR) is 110 cm³/mol. The Morgan fingerprint density at radius 1 is 1.07 bits per heavy atom. The van der Waals surface area contributed by atoms with Crippen LogP contribution in [0.15, 0.2) is 24.3 Å². The molecule has 0 N–H and O–H groups in total. The molecule has 146 valence electrons. The third kappa shape index (κ3) is 3.93. The molecule has 1 aliphatic heterocycles. The molecule has 0 spiro atoms. The van der Waals surface area contributed by atoms with Crippen LogP contribution in [0.4, 0.5) is 0 Å². The van der Waals surface area contributed by atoms with Crippen LogP contribution in [0.2, 0.25) is 0 Å². The maximum absolute atomic E-state index is 13.5. The summed E-state index contributed by atoms with van der Waals surface area (Å²) in [6.07, 6.45) is 2.61. The molecule has 0 aliphatic carbocycles. The molecule has 5 nitrogen and oxygen atoms in total. The number of benzene rings is 1. The number of hydrogen-bond donors (Lipinski definition) is 0. The molecular formula is C22H32N4O. The minimum Gasteiger partial charge on any atom is -0.336 e. The molecule has 0 unspecified atom stereocenters. The van der Waals surface area contributed by atoms with E-state index in [1.807, 2.05) is 21.7 Å². The number of carbonyl (C=O) groups is 1. The number of hydrogen-bond acceptors (Lipinski definition) is 3. The lowest BCUT2D eigenvalue weighted by molar-refractivity contribution is 0.0641. The summed E-state index contributed by atoms with van der Waals surface area (Å²) in [6, 6.07) is 8.27. The van der Waals surface area contributed by atoms with Gasteiger partial charge in [0.2, 0.25) is 0 Å². The normalized spacial score (nSPS) is 15.3. The van der Waals surface area contributed by atoms with E-state index >= 15 is 0 Å². The van der Waals surface area contributed by atoms with Gasteiger partial charge in [-0.3, -0.25) is 4.79 Å². The lowest BCUT2D eigenvalue weighted by Gasteiger charge is -2.34. The average molecular weight is 369 g/mol. The number of nitrogens with zero attached hydrogens (tertiary/aromatic N) is 4. The van der Waals surface area contributed by atoms with Crippen LogP contribution < -0.4 is 0 Å². The fourth-order valence-corrected chi connectivity index (χ4v) is 3.91.